The van der Waals surface area contributed by atoms with E-state index in [1.54, 1.807) is 6.92 Å². The monoisotopic (exact) mass is 209 g/mol. The van der Waals surface area contributed by atoms with Gasteiger partial charge in [0, 0.05) is 18.8 Å². The Morgan fingerprint density at radius 2 is 1.93 bits per heavy atom. The summed E-state index contributed by atoms with van der Waals surface area (Å²) in [5.41, 5.74) is 1.81. The van der Waals surface area contributed by atoms with Gasteiger partial charge in [-0.05, 0) is 33.3 Å². The topological polar surface area (TPSA) is 29.5 Å². The number of hydrogen-bond acceptors (Lipinski definition) is 3. The van der Waals surface area contributed by atoms with E-state index in [0.717, 1.165) is 30.8 Å². The average molecular weight is 209 g/mol. The summed E-state index contributed by atoms with van der Waals surface area (Å²) in [7, 11) is 0. The van der Waals surface area contributed by atoms with Gasteiger partial charge in [0.05, 0.1) is 5.57 Å². The van der Waals surface area contributed by atoms with Crippen LogP contribution in [0.3, 0.4) is 0 Å². The van der Waals surface area contributed by atoms with E-state index in [-0.39, 0.29) is 5.97 Å². The number of esters is 1. The maximum atomic E-state index is 11.6. The fraction of sp³-hybridized carbons (Fsp3) is 0.583. The molecule has 1 aliphatic rings. The van der Waals surface area contributed by atoms with Gasteiger partial charge in [-0.3, -0.25) is 0 Å². The van der Waals surface area contributed by atoms with Crippen LogP contribution in [-0.4, -0.2) is 24.0 Å². The Morgan fingerprint density at radius 3 is 2.27 bits per heavy atom. The van der Waals surface area contributed by atoms with E-state index in [1.165, 1.54) is 0 Å². The predicted molar refractivity (Wildman–Crippen MR) is 60.1 cm³/mol. The number of hydrogen-bond donors (Lipinski definition) is 0. The van der Waals surface area contributed by atoms with Crippen LogP contribution in [0.2, 0.25) is 0 Å². The van der Waals surface area contributed by atoms with Gasteiger partial charge >= 0.3 is 5.97 Å². The highest BCUT2D eigenvalue weighted by Crippen LogP contribution is 2.23. The molecule has 0 atom stereocenters. The zero-order valence-corrected chi connectivity index (χ0v) is 9.96. The van der Waals surface area contributed by atoms with Crippen LogP contribution < -0.4 is 0 Å². The first-order valence-electron chi connectivity index (χ1n) is 5.52. The highest BCUT2D eigenvalue weighted by molar-refractivity contribution is 5.95. The van der Waals surface area contributed by atoms with Crippen molar-refractivity contribution in [3.8, 4) is 0 Å². The molecule has 84 valence electrons. The van der Waals surface area contributed by atoms with Crippen LogP contribution in [-0.2, 0) is 9.53 Å². The van der Waals surface area contributed by atoms with Crippen molar-refractivity contribution in [1.29, 1.82) is 0 Å². The third-order valence-electron chi connectivity index (χ3n) is 2.61. The standard InChI is InChI=1S/C12H19NO2/c1-5-11(13(6-2)7-3)10-8-9(4)15-12(10)14/h8H,5-7H2,1-4H3/b11-10+. The summed E-state index contributed by atoms with van der Waals surface area (Å²) in [6.07, 6.45) is 2.69. The Morgan fingerprint density at radius 1 is 1.33 bits per heavy atom. The molecule has 0 N–H and O–H groups in total. The quantitative estimate of drug-likeness (QED) is 0.526. The number of nitrogens with zero attached hydrogens (tertiary/aromatic N) is 1. The Balaban J connectivity index is 3.07. The van der Waals surface area contributed by atoms with Gasteiger partial charge in [0.25, 0.3) is 0 Å². The van der Waals surface area contributed by atoms with E-state index < -0.39 is 0 Å². The molecular weight excluding hydrogens is 190 g/mol. The molecule has 3 heteroatoms. The molecule has 0 unspecified atom stereocenters. The third kappa shape index (κ3) is 2.41. The van der Waals surface area contributed by atoms with Crippen molar-refractivity contribution in [2.75, 3.05) is 13.1 Å². The molecule has 0 saturated heterocycles. The molecule has 1 rings (SSSR count). The number of cyclic esters (lactones) is 1. The van der Waals surface area contributed by atoms with Crippen LogP contribution in [0.15, 0.2) is 23.1 Å². The number of carbonyl (C=O) groups is 1. The molecular formula is C12H19NO2. The third-order valence-corrected chi connectivity index (χ3v) is 2.61. The summed E-state index contributed by atoms with van der Waals surface area (Å²) in [6.45, 7) is 9.90. The molecule has 15 heavy (non-hydrogen) atoms. The first-order chi connectivity index (χ1) is 7.13. The van der Waals surface area contributed by atoms with Crippen molar-refractivity contribution < 1.29 is 9.53 Å². The maximum Gasteiger partial charge on any atom is 0.345 e. The summed E-state index contributed by atoms with van der Waals surface area (Å²) in [4.78, 5) is 13.8. The molecule has 0 amide bonds. The van der Waals surface area contributed by atoms with Crippen molar-refractivity contribution in [2.24, 2.45) is 0 Å². The Bertz CT molecular complexity index is 312. The predicted octanol–water partition coefficient (Wildman–Crippen LogP) is 2.45. The minimum atomic E-state index is -0.212. The van der Waals surface area contributed by atoms with Crippen LogP contribution in [0.5, 0.6) is 0 Å². The summed E-state index contributed by atoms with van der Waals surface area (Å²) < 4.78 is 5.03. The molecule has 0 fully saturated rings. The molecule has 3 nitrogen and oxygen atoms in total. The van der Waals surface area contributed by atoms with Crippen LogP contribution in [0.4, 0.5) is 0 Å². The van der Waals surface area contributed by atoms with Crippen LogP contribution >= 0.6 is 0 Å². The van der Waals surface area contributed by atoms with Crippen molar-refractivity contribution >= 4 is 5.97 Å². The molecule has 0 radical (unpaired) electrons. The van der Waals surface area contributed by atoms with Gasteiger partial charge in [-0.25, -0.2) is 4.79 Å². The minimum absolute atomic E-state index is 0.212. The molecule has 0 spiro atoms. The van der Waals surface area contributed by atoms with Crippen LogP contribution in [0.25, 0.3) is 0 Å². The number of allylic oxidation sites excluding steroid dienone is 2. The largest absolute Gasteiger partial charge is 0.428 e. The second-order valence-electron chi connectivity index (χ2n) is 3.53. The second-order valence-corrected chi connectivity index (χ2v) is 3.53. The maximum absolute atomic E-state index is 11.6. The van der Waals surface area contributed by atoms with E-state index >= 15 is 0 Å². The minimum Gasteiger partial charge on any atom is -0.428 e. The number of carbonyl (C=O) groups excluding carboxylic acids is 1. The Kier molecular flexibility index (Phi) is 3.95. The van der Waals surface area contributed by atoms with Gasteiger partial charge in [0.1, 0.15) is 5.76 Å². The van der Waals surface area contributed by atoms with Crippen LogP contribution in [0.1, 0.15) is 34.1 Å². The number of rotatable bonds is 4. The molecule has 1 heterocycles. The molecule has 0 aromatic rings. The lowest BCUT2D eigenvalue weighted by molar-refractivity contribution is -0.133. The van der Waals surface area contributed by atoms with Gasteiger partial charge in [-0.1, -0.05) is 6.92 Å². The van der Waals surface area contributed by atoms with E-state index in [9.17, 15) is 4.79 Å². The molecule has 0 aromatic carbocycles. The molecule has 1 aliphatic heterocycles. The summed E-state index contributed by atoms with van der Waals surface area (Å²) in [5, 5.41) is 0. The second kappa shape index (κ2) is 5.01. The average Bonchev–Trinajstić information content (AvgIpc) is 2.54. The summed E-state index contributed by atoms with van der Waals surface area (Å²) in [6, 6.07) is 0. The fourth-order valence-corrected chi connectivity index (χ4v) is 1.88. The molecule has 0 aliphatic carbocycles. The fourth-order valence-electron chi connectivity index (χ4n) is 1.88. The van der Waals surface area contributed by atoms with Gasteiger partial charge in [0.15, 0.2) is 0 Å². The van der Waals surface area contributed by atoms with Gasteiger partial charge < -0.3 is 9.64 Å². The molecule has 0 bridgehead atoms. The highest BCUT2D eigenvalue weighted by Gasteiger charge is 2.23. The first kappa shape index (κ1) is 11.8. The normalized spacial score (nSPS) is 18.7. The molecule has 0 aromatic heterocycles. The van der Waals surface area contributed by atoms with E-state index in [1.807, 2.05) is 6.08 Å². The van der Waals surface area contributed by atoms with Crippen molar-refractivity contribution in [1.82, 2.24) is 4.90 Å². The Hall–Kier alpha value is -1.25. The summed E-state index contributed by atoms with van der Waals surface area (Å²) >= 11 is 0. The van der Waals surface area contributed by atoms with Gasteiger partial charge in [-0.15, -0.1) is 0 Å². The smallest absolute Gasteiger partial charge is 0.345 e. The lowest BCUT2D eigenvalue weighted by Crippen LogP contribution is -2.24. The van der Waals surface area contributed by atoms with E-state index in [2.05, 4.69) is 25.7 Å². The van der Waals surface area contributed by atoms with Crippen molar-refractivity contribution in [3.63, 3.8) is 0 Å². The zero-order chi connectivity index (χ0) is 11.4. The highest BCUT2D eigenvalue weighted by atomic mass is 16.5. The van der Waals surface area contributed by atoms with E-state index in [4.69, 9.17) is 4.74 Å². The SMILES string of the molecule is CC/C(=C1/C=C(C)OC1=O)N(CC)CC. The molecule has 0 saturated carbocycles. The lowest BCUT2D eigenvalue weighted by atomic mass is 10.1. The van der Waals surface area contributed by atoms with Crippen molar-refractivity contribution in [3.05, 3.63) is 23.1 Å². The summed E-state index contributed by atoms with van der Waals surface area (Å²) in [5.74, 6) is 0.476. The lowest BCUT2D eigenvalue weighted by Gasteiger charge is -2.24. The first-order valence-corrected chi connectivity index (χ1v) is 5.52. The van der Waals surface area contributed by atoms with E-state index in [0.29, 0.717) is 5.76 Å². The van der Waals surface area contributed by atoms with Crippen molar-refractivity contribution in [2.45, 2.75) is 34.1 Å². The van der Waals surface area contributed by atoms with Gasteiger partial charge in [0.2, 0.25) is 0 Å². The van der Waals surface area contributed by atoms with Gasteiger partial charge in [-0.2, -0.15) is 0 Å². The Labute approximate surface area is 91.4 Å². The number of ether oxygens (including phenoxy) is 1. The zero-order valence-electron chi connectivity index (χ0n) is 9.96. The van der Waals surface area contributed by atoms with Crippen LogP contribution in [0, 0.1) is 0 Å².